The van der Waals surface area contributed by atoms with E-state index in [1.807, 2.05) is 30.3 Å². The molecule has 0 atom stereocenters. The molecule has 0 bridgehead atoms. The first kappa shape index (κ1) is 17.2. The van der Waals surface area contributed by atoms with Gasteiger partial charge in [-0.2, -0.15) is 0 Å². The molecule has 2 aromatic rings. The molecule has 25 heavy (non-hydrogen) atoms. The summed E-state index contributed by atoms with van der Waals surface area (Å²) in [5.41, 5.74) is 1.62. The van der Waals surface area contributed by atoms with Gasteiger partial charge in [-0.15, -0.1) is 0 Å². The van der Waals surface area contributed by atoms with E-state index in [9.17, 15) is 9.59 Å². The third-order valence-electron chi connectivity index (χ3n) is 4.65. The van der Waals surface area contributed by atoms with Crippen LogP contribution >= 0.6 is 0 Å². The minimum absolute atomic E-state index is 0.115. The summed E-state index contributed by atoms with van der Waals surface area (Å²) in [7, 11) is 0. The zero-order chi connectivity index (χ0) is 17.5. The molecular formula is C21H24N2O2. The van der Waals surface area contributed by atoms with Crippen LogP contribution in [0.25, 0.3) is 0 Å². The first-order valence-corrected chi connectivity index (χ1v) is 9.00. The van der Waals surface area contributed by atoms with E-state index in [-0.39, 0.29) is 17.9 Å². The molecule has 0 spiro atoms. The molecule has 0 saturated heterocycles. The average Bonchev–Trinajstić information content (AvgIpc) is 2.91. The first-order chi connectivity index (χ1) is 12.2. The van der Waals surface area contributed by atoms with Gasteiger partial charge in [0.1, 0.15) is 0 Å². The van der Waals surface area contributed by atoms with Crippen molar-refractivity contribution in [2.75, 3.05) is 5.32 Å². The van der Waals surface area contributed by atoms with Gasteiger partial charge in [-0.05, 0) is 37.1 Å². The van der Waals surface area contributed by atoms with Crippen molar-refractivity contribution in [2.24, 2.45) is 0 Å². The summed E-state index contributed by atoms with van der Waals surface area (Å²) in [6.45, 7) is 0. The van der Waals surface area contributed by atoms with Crippen molar-refractivity contribution in [1.82, 2.24) is 5.32 Å². The summed E-state index contributed by atoms with van der Waals surface area (Å²) in [5.74, 6) is -0.328. The lowest BCUT2D eigenvalue weighted by Crippen LogP contribution is -2.35. The van der Waals surface area contributed by atoms with E-state index in [2.05, 4.69) is 10.6 Å². The predicted octanol–water partition coefficient (Wildman–Crippen LogP) is 4.39. The fourth-order valence-electron chi connectivity index (χ4n) is 3.26. The maximum Gasteiger partial charge on any atom is 0.255 e. The smallest absolute Gasteiger partial charge is 0.255 e. The van der Waals surface area contributed by atoms with E-state index in [0.29, 0.717) is 16.8 Å². The van der Waals surface area contributed by atoms with Gasteiger partial charge in [0.25, 0.3) is 11.8 Å². The van der Waals surface area contributed by atoms with Crippen LogP contribution in [0.15, 0.2) is 54.6 Å². The van der Waals surface area contributed by atoms with Gasteiger partial charge >= 0.3 is 0 Å². The van der Waals surface area contributed by atoms with Crippen molar-refractivity contribution < 1.29 is 9.59 Å². The molecule has 1 aliphatic rings. The number of anilines is 1. The first-order valence-electron chi connectivity index (χ1n) is 9.00. The van der Waals surface area contributed by atoms with Crippen molar-refractivity contribution in [3.8, 4) is 0 Å². The van der Waals surface area contributed by atoms with Crippen molar-refractivity contribution >= 4 is 17.5 Å². The Balaban J connectivity index is 1.71. The number of rotatable bonds is 4. The van der Waals surface area contributed by atoms with E-state index in [4.69, 9.17) is 0 Å². The lowest BCUT2D eigenvalue weighted by molar-refractivity contribution is 0.0934. The Morgan fingerprint density at radius 3 is 2.12 bits per heavy atom. The highest BCUT2D eigenvalue weighted by Crippen LogP contribution is 2.20. The normalized spacial score (nSPS) is 15.2. The largest absolute Gasteiger partial charge is 0.349 e. The van der Waals surface area contributed by atoms with Crippen molar-refractivity contribution in [1.29, 1.82) is 0 Å². The number of carbonyl (C=O) groups excluding carboxylic acids is 2. The standard InChI is InChI=1S/C21H24N2O2/c24-20(16-10-4-3-5-11-16)23-19-15-9-8-14-18(19)21(25)22-17-12-6-1-2-7-13-17/h3-5,8-11,14-15,17H,1-2,6-7,12-13H2,(H,22,25)(H,23,24). The van der Waals surface area contributed by atoms with Crippen LogP contribution < -0.4 is 10.6 Å². The van der Waals surface area contributed by atoms with Crippen LogP contribution in [0.4, 0.5) is 5.69 Å². The quantitative estimate of drug-likeness (QED) is 0.814. The SMILES string of the molecule is O=C(Nc1ccccc1C(=O)NC1CCCCCC1)c1ccccc1. The van der Waals surface area contributed by atoms with Crippen molar-refractivity contribution in [2.45, 2.75) is 44.6 Å². The van der Waals surface area contributed by atoms with Crippen molar-refractivity contribution in [3.05, 3.63) is 65.7 Å². The molecule has 4 heteroatoms. The van der Waals surface area contributed by atoms with Gasteiger partial charge in [0.15, 0.2) is 0 Å². The summed E-state index contributed by atoms with van der Waals surface area (Å²) in [5, 5.41) is 6.00. The number of carbonyl (C=O) groups is 2. The second-order valence-electron chi connectivity index (χ2n) is 6.53. The van der Waals surface area contributed by atoms with Gasteiger partial charge in [-0.3, -0.25) is 9.59 Å². The van der Waals surface area contributed by atoms with Gasteiger partial charge < -0.3 is 10.6 Å². The molecule has 0 aliphatic heterocycles. The molecule has 1 fully saturated rings. The third kappa shape index (κ3) is 4.69. The Hall–Kier alpha value is -2.62. The van der Waals surface area contributed by atoms with Crippen LogP contribution in [-0.4, -0.2) is 17.9 Å². The number of benzene rings is 2. The van der Waals surface area contributed by atoms with Gasteiger partial charge in [0.2, 0.25) is 0 Å². The number of para-hydroxylation sites is 1. The average molecular weight is 336 g/mol. The molecule has 2 aromatic carbocycles. The van der Waals surface area contributed by atoms with Crippen molar-refractivity contribution in [3.63, 3.8) is 0 Å². The summed E-state index contributed by atoms with van der Waals surface area (Å²) in [4.78, 5) is 25.1. The van der Waals surface area contributed by atoms with Crippen LogP contribution in [0, 0.1) is 0 Å². The van der Waals surface area contributed by atoms with E-state index in [1.54, 1.807) is 24.3 Å². The molecule has 2 N–H and O–H groups in total. The minimum atomic E-state index is -0.213. The molecule has 4 nitrogen and oxygen atoms in total. The van der Waals surface area contributed by atoms with Crippen LogP contribution in [0.2, 0.25) is 0 Å². The fourth-order valence-corrected chi connectivity index (χ4v) is 3.26. The van der Waals surface area contributed by atoms with Crippen LogP contribution in [0.1, 0.15) is 59.2 Å². The second-order valence-corrected chi connectivity index (χ2v) is 6.53. The molecule has 130 valence electrons. The van der Waals surface area contributed by atoms with E-state index in [1.165, 1.54) is 12.8 Å². The number of nitrogens with one attached hydrogen (secondary N) is 2. The molecule has 0 heterocycles. The molecule has 1 saturated carbocycles. The fraction of sp³-hybridized carbons (Fsp3) is 0.333. The highest BCUT2D eigenvalue weighted by molar-refractivity contribution is 6.09. The summed E-state index contributed by atoms with van der Waals surface area (Å²) < 4.78 is 0. The van der Waals surface area contributed by atoms with Gasteiger partial charge in [-0.25, -0.2) is 0 Å². The molecule has 0 unspecified atom stereocenters. The zero-order valence-corrected chi connectivity index (χ0v) is 14.3. The van der Waals surface area contributed by atoms with Gasteiger partial charge in [-0.1, -0.05) is 56.0 Å². The molecule has 1 aliphatic carbocycles. The Morgan fingerprint density at radius 2 is 1.40 bits per heavy atom. The number of hydrogen-bond donors (Lipinski definition) is 2. The second kappa shape index (κ2) is 8.47. The summed E-state index contributed by atoms with van der Waals surface area (Å²) >= 11 is 0. The third-order valence-corrected chi connectivity index (χ3v) is 4.65. The molecule has 2 amide bonds. The Kier molecular flexibility index (Phi) is 5.83. The molecule has 0 aromatic heterocycles. The Labute approximate surface area is 148 Å². The monoisotopic (exact) mass is 336 g/mol. The topological polar surface area (TPSA) is 58.2 Å². The van der Waals surface area contributed by atoms with E-state index < -0.39 is 0 Å². The summed E-state index contributed by atoms with van der Waals surface area (Å²) in [6.07, 6.45) is 6.88. The molecule has 3 rings (SSSR count). The number of hydrogen-bond acceptors (Lipinski definition) is 2. The predicted molar refractivity (Wildman–Crippen MR) is 99.8 cm³/mol. The zero-order valence-electron chi connectivity index (χ0n) is 14.3. The van der Waals surface area contributed by atoms with Gasteiger partial charge in [0, 0.05) is 11.6 Å². The van der Waals surface area contributed by atoms with Crippen LogP contribution in [0.5, 0.6) is 0 Å². The van der Waals surface area contributed by atoms with Gasteiger partial charge in [0.05, 0.1) is 11.3 Å². The lowest BCUT2D eigenvalue weighted by Gasteiger charge is -2.18. The highest BCUT2D eigenvalue weighted by atomic mass is 16.2. The highest BCUT2D eigenvalue weighted by Gasteiger charge is 2.18. The van der Waals surface area contributed by atoms with E-state index >= 15 is 0 Å². The molecular weight excluding hydrogens is 312 g/mol. The number of amides is 2. The lowest BCUT2D eigenvalue weighted by atomic mass is 10.1. The van der Waals surface area contributed by atoms with Crippen LogP contribution in [-0.2, 0) is 0 Å². The Bertz CT molecular complexity index is 720. The maximum atomic E-state index is 12.7. The molecule has 0 radical (unpaired) electrons. The Morgan fingerprint density at radius 1 is 0.760 bits per heavy atom. The summed E-state index contributed by atoms with van der Waals surface area (Å²) in [6, 6.07) is 16.4. The minimum Gasteiger partial charge on any atom is -0.349 e. The van der Waals surface area contributed by atoms with Crippen LogP contribution in [0.3, 0.4) is 0 Å². The maximum absolute atomic E-state index is 12.7. The van der Waals surface area contributed by atoms with E-state index in [0.717, 1.165) is 25.7 Å².